The summed E-state index contributed by atoms with van der Waals surface area (Å²) >= 11 is 6.12. The Kier molecular flexibility index (Phi) is 7.46. The van der Waals surface area contributed by atoms with E-state index in [4.69, 9.17) is 17.3 Å². The van der Waals surface area contributed by atoms with Crippen LogP contribution < -0.4 is 11.1 Å². The van der Waals surface area contributed by atoms with Gasteiger partial charge in [-0.3, -0.25) is 9.69 Å². The smallest absolute Gasteiger partial charge is 0.238 e. The monoisotopic (exact) mass is 331 g/mol. The lowest BCUT2D eigenvalue weighted by Gasteiger charge is -2.31. The summed E-state index contributed by atoms with van der Waals surface area (Å²) in [5, 5.41) is 3.45. The number of aryl methyl sites for hydroxylation is 1. The van der Waals surface area contributed by atoms with Gasteiger partial charge in [0.05, 0.1) is 17.3 Å². The van der Waals surface area contributed by atoms with Gasteiger partial charge in [-0.2, -0.15) is 0 Å². The molecule has 0 aliphatic carbocycles. The van der Waals surface area contributed by atoms with Gasteiger partial charge in [0.1, 0.15) is 0 Å². The average Bonchev–Trinajstić information content (AvgIpc) is 2.42. The molecule has 0 radical (unpaired) electrons. The highest BCUT2D eigenvalue weighted by Crippen LogP contribution is 2.23. The van der Waals surface area contributed by atoms with Crippen molar-refractivity contribution in [1.29, 1.82) is 0 Å². The summed E-state index contributed by atoms with van der Waals surface area (Å²) in [4.78, 5) is 14.2. The largest absolute Gasteiger partial charge is 0.330 e. The molecular formula is C15H23Cl2N3O. The number of piperidine rings is 1. The number of rotatable bonds is 4. The van der Waals surface area contributed by atoms with E-state index >= 15 is 0 Å². The van der Waals surface area contributed by atoms with Crippen LogP contribution in [-0.4, -0.2) is 37.0 Å². The minimum absolute atomic E-state index is 0. The van der Waals surface area contributed by atoms with Gasteiger partial charge in [-0.1, -0.05) is 17.7 Å². The zero-order chi connectivity index (χ0) is 14.5. The number of hydrogen-bond donors (Lipinski definition) is 2. The maximum Gasteiger partial charge on any atom is 0.238 e. The molecule has 1 aromatic carbocycles. The maximum absolute atomic E-state index is 12.1. The van der Waals surface area contributed by atoms with Gasteiger partial charge >= 0.3 is 0 Å². The average molecular weight is 332 g/mol. The number of nitrogens with one attached hydrogen (secondary N) is 1. The standard InChI is InChI=1S/C15H22ClN3O.ClH/c1-11-4-5-14(13(16)7-11)18-15(20)10-19-6-2-3-12(8-17)9-19;/h4-5,7,12H,2-3,6,8-10,17H2,1H3,(H,18,20);1H. The van der Waals surface area contributed by atoms with E-state index in [0.29, 0.717) is 29.7 Å². The molecule has 0 saturated carbocycles. The predicted molar refractivity (Wildman–Crippen MR) is 90.3 cm³/mol. The molecule has 1 aromatic rings. The molecule has 1 atom stereocenters. The fourth-order valence-electron chi connectivity index (χ4n) is 2.60. The first-order valence-corrected chi connectivity index (χ1v) is 7.44. The summed E-state index contributed by atoms with van der Waals surface area (Å²) in [7, 11) is 0. The van der Waals surface area contributed by atoms with Crippen molar-refractivity contribution in [3.63, 3.8) is 0 Å². The number of carbonyl (C=O) groups is 1. The van der Waals surface area contributed by atoms with Gasteiger partial charge in [0.2, 0.25) is 5.91 Å². The lowest BCUT2D eigenvalue weighted by atomic mass is 9.98. The molecule has 1 unspecified atom stereocenters. The van der Waals surface area contributed by atoms with E-state index in [2.05, 4.69) is 10.2 Å². The van der Waals surface area contributed by atoms with Gasteiger partial charge in [-0.05, 0) is 56.5 Å². The number of benzene rings is 1. The zero-order valence-corrected chi connectivity index (χ0v) is 13.8. The maximum atomic E-state index is 12.1. The Morgan fingerprint density at radius 2 is 2.29 bits per heavy atom. The van der Waals surface area contributed by atoms with Crippen molar-refractivity contribution in [3.05, 3.63) is 28.8 Å². The molecule has 6 heteroatoms. The first-order chi connectivity index (χ1) is 9.58. The molecule has 21 heavy (non-hydrogen) atoms. The SMILES string of the molecule is Cc1ccc(NC(=O)CN2CCCC(CN)C2)c(Cl)c1.Cl. The number of halogens is 2. The fourth-order valence-corrected chi connectivity index (χ4v) is 2.88. The molecular weight excluding hydrogens is 309 g/mol. The second-order valence-electron chi connectivity index (χ2n) is 5.51. The van der Waals surface area contributed by atoms with Gasteiger partial charge in [0.25, 0.3) is 0 Å². The van der Waals surface area contributed by atoms with Crippen LogP contribution in [0.25, 0.3) is 0 Å². The Labute approximate surface area is 137 Å². The van der Waals surface area contributed by atoms with Crippen LogP contribution in [0.3, 0.4) is 0 Å². The lowest BCUT2D eigenvalue weighted by molar-refractivity contribution is -0.117. The molecule has 1 heterocycles. The van der Waals surface area contributed by atoms with Crippen molar-refractivity contribution >= 4 is 35.6 Å². The highest BCUT2D eigenvalue weighted by atomic mass is 35.5. The van der Waals surface area contributed by atoms with E-state index in [1.807, 2.05) is 25.1 Å². The molecule has 1 amide bonds. The topological polar surface area (TPSA) is 58.4 Å². The first kappa shape index (κ1) is 18.2. The molecule has 1 fully saturated rings. The third kappa shape index (κ3) is 5.47. The van der Waals surface area contributed by atoms with Gasteiger partial charge in [-0.25, -0.2) is 0 Å². The number of amides is 1. The van der Waals surface area contributed by atoms with Crippen LogP contribution in [0.2, 0.25) is 5.02 Å². The van der Waals surface area contributed by atoms with E-state index in [9.17, 15) is 4.79 Å². The van der Waals surface area contributed by atoms with Crippen molar-refractivity contribution in [2.75, 3.05) is 31.5 Å². The molecule has 4 nitrogen and oxygen atoms in total. The van der Waals surface area contributed by atoms with Crippen molar-refractivity contribution in [3.8, 4) is 0 Å². The van der Waals surface area contributed by atoms with Crippen molar-refractivity contribution in [1.82, 2.24) is 4.90 Å². The van der Waals surface area contributed by atoms with Crippen molar-refractivity contribution in [2.45, 2.75) is 19.8 Å². The second-order valence-corrected chi connectivity index (χ2v) is 5.92. The predicted octanol–water partition coefficient (Wildman–Crippen LogP) is 2.68. The summed E-state index contributed by atoms with van der Waals surface area (Å²) < 4.78 is 0. The van der Waals surface area contributed by atoms with E-state index in [-0.39, 0.29) is 18.3 Å². The summed E-state index contributed by atoms with van der Waals surface area (Å²) in [5.74, 6) is 0.493. The third-order valence-corrected chi connectivity index (χ3v) is 4.02. The van der Waals surface area contributed by atoms with E-state index in [1.54, 1.807) is 0 Å². The van der Waals surface area contributed by atoms with Crippen LogP contribution in [0.4, 0.5) is 5.69 Å². The highest BCUT2D eigenvalue weighted by molar-refractivity contribution is 6.33. The molecule has 1 aliphatic heterocycles. The quantitative estimate of drug-likeness (QED) is 0.891. The van der Waals surface area contributed by atoms with Gasteiger partial charge in [0.15, 0.2) is 0 Å². The number of nitrogens with two attached hydrogens (primary N) is 1. The van der Waals surface area contributed by atoms with Gasteiger partial charge < -0.3 is 11.1 Å². The number of anilines is 1. The molecule has 2 rings (SSSR count). The Morgan fingerprint density at radius 1 is 1.52 bits per heavy atom. The third-order valence-electron chi connectivity index (χ3n) is 3.70. The van der Waals surface area contributed by atoms with Crippen LogP contribution in [0.1, 0.15) is 18.4 Å². The Morgan fingerprint density at radius 3 is 2.95 bits per heavy atom. The molecule has 1 saturated heterocycles. The Balaban J connectivity index is 0.00000220. The summed E-state index contributed by atoms with van der Waals surface area (Å²) in [6.45, 7) is 4.94. The summed E-state index contributed by atoms with van der Waals surface area (Å²) in [6, 6.07) is 5.63. The minimum Gasteiger partial charge on any atom is -0.330 e. The normalized spacial score (nSPS) is 18.9. The molecule has 0 aromatic heterocycles. The van der Waals surface area contributed by atoms with Crippen LogP contribution in [-0.2, 0) is 4.79 Å². The Hall–Kier alpha value is -0.810. The zero-order valence-electron chi connectivity index (χ0n) is 12.3. The van der Waals surface area contributed by atoms with Crippen LogP contribution in [0, 0.1) is 12.8 Å². The minimum atomic E-state index is -0.0200. The van der Waals surface area contributed by atoms with Crippen LogP contribution >= 0.6 is 24.0 Å². The fraction of sp³-hybridized carbons (Fsp3) is 0.533. The molecule has 1 aliphatic rings. The van der Waals surface area contributed by atoms with E-state index in [0.717, 1.165) is 25.1 Å². The van der Waals surface area contributed by atoms with Crippen molar-refractivity contribution < 1.29 is 4.79 Å². The second kappa shape index (κ2) is 8.59. The van der Waals surface area contributed by atoms with E-state index < -0.39 is 0 Å². The van der Waals surface area contributed by atoms with Crippen LogP contribution in [0.15, 0.2) is 18.2 Å². The molecule has 118 valence electrons. The number of nitrogens with zero attached hydrogens (tertiary/aromatic N) is 1. The lowest BCUT2D eigenvalue weighted by Crippen LogP contribution is -2.42. The Bertz CT molecular complexity index is 482. The molecule has 3 N–H and O–H groups in total. The summed E-state index contributed by atoms with van der Waals surface area (Å²) in [5.41, 5.74) is 7.46. The summed E-state index contributed by atoms with van der Waals surface area (Å²) in [6.07, 6.45) is 2.28. The van der Waals surface area contributed by atoms with E-state index in [1.165, 1.54) is 6.42 Å². The van der Waals surface area contributed by atoms with Crippen molar-refractivity contribution in [2.24, 2.45) is 11.7 Å². The van der Waals surface area contributed by atoms with Gasteiger partial charge in [-0.15, -0.1) is 12.4 Å². The van der Waals surface area contributed by atoms with Gasteiger partial charge in [0, 0.05) is 6.54 Å². The molecule has 0 bridgehead atoms. The first-order valence-electron chi connectivity index (χ1n) is 7.07. The number of likely N-dealkylation sites (tertiary alicyclic amines) is 1. The number of hydrogen-bond acceptors (Lipinski definition) is 3. The number of carbonyl (C=O) groups excluding carboxylic acids is 1. The van der Waals surface area contributed by atoms with Crippen LogP contribution in [0.5, 0.6) is 0 Å². The molecule has 0 spiro atoms. The highest BCUT2D eigenvalue weighted by Gasteiger charge is 2.20.